The molecule has 0 aliphatic carbocycles. The smallest absolute Gasteiger partial charge is 0.409 e. The fourth-order valence-electron chi connectivity index (χ4n) is 1.57. The number of carbonyl (C=O) groups is 2. The molecule has 1 amide bonds. The number of aryl methyl sites for hydroxylation is 1. The van der Waals surface area contributed by atoms with Crippen molar-refractivity contribution in [1.82, 2.24) is 4.37 Å². The molecule has 1 aromatic carbocycles. The van der Waals surface area contributed by atoms with E-state index in [4.69, 9.17) is 16.7 Å². The molecule has 0 unspecified atom stereocenters. The Morgan fingerprint density at radius 3 is 2.53 bits per heavy atom. The SMILES string of the molecule is Cc1nsc(NC(=O)O)c1C(=O)c1ccc(Cl)cc1. The molecule has 0 aliphatic heterocycles. The first-order valence-corrected chi connectivity index (χ1v) is 6.40. The number of halogens is 1. The summed E-state index contributed by atoms with van der Waals surface area (Å²) >= 11 is 6.70. The van der Waals surface area contributed by atoms with Gasteiger partial charge in [-0.2, -0.15) is 4.37 Å². The number of rotatable bonds is 3. The monoisotopic (exact) mass is 296 g/mol. The number of amides is 1. The van der Waals surface area contributed by atoms with Crippen molar-refractivity contribution in [2.45, 2.75) is 6.92 Å². The van der Waals surface area contributed by atoms with E-state index in [-0.39, 0.29) is 16.3 Å². The van der Waals surface area contributed by atoms with Crippen LogP contribution in [0.2, 0.25) is 5.02 Å². The minimum absolute atomic E-state index is 0.227. The molecule has 0 radical (unpaired) electrons. The maximum atomic E-state index is 12.3. The van der Waals surface area contributed by atoms with E-state index in [1.165, 1.54) is 0 Å². The van der Waals surface area contributed by atoms with E-state index < -0.39 is 6.09 Å². The highest BCUT2D eigenvalue weighted by molar-refractivity contribution is 7.11. The quantitative estimate of drug-likeness (QED) is 0.851. The maximum absolute atomic E-state index is 12.3. The van der Waals surface area contributed by atoms with E-state index >= 15 is 0 Å². The molecule has 2 aromatic rings. The lowest BCUT2D eigenvalue weighted by Crippen LogP contribution is -2.11. The highest BCUT2D eigenvalue weighted by atomic mass is 35.5. The summed E-state index contributed by atoms with van der Waals surface area (Å²) in [5, 5.41) is 11.7. The van der Waals surface area contributed by atoms with Gasteiger partial charge in [0.15, 0.2) is 5.78 Å². The number of hydrogen-bond acceptors (Lipinski definition) is 4. The van der Waals surface area contributed by atoms with Crippen molar-refractivity contribution in [2.75, 3.05) is 5.32 Å². The molecule has 0 spiro atoms. The molecule has 19 heavy (non-hydrogen) atoms. The van der Waals surface area contributed by atoms with Crippen molar-refractivity contribution in [3.63, 3.8) is 0 Å². The summed E-state index contributed by atoms with van der Waals surface area (Å²) in [4.78, 5) is 23.0. The van der Waals surface area contributed by atoms with E-state index in [1.54, 1.807) is 31.2 Å². The van der Waals surface area contributed by atoms with Crippen LogP contribution >= 0.6 is 23.1 Å². The van der Waals surface area contributed by atoms with Gasteiger partial charge in [0.2, 0.25) is 0 Å². The van der Waals surface area contributed by atoms with Crippen LogP contribution in [0.25, 0.3) is 0 Å². The van der Waals surface area contributed by atoms with Crippen molar-refractivity contribution in [1.29, 1.82) is 0 Å². The number of nitrogens with zero attached hydrogens (tertiary/aromatic N) is 1. The van der Waals surface area contributed by atoms with Crippen molar-refractivity contribution >= 4 is 40.0 Å². The Balaban J connectivity index is 2.40. The van der Waals surface area contributed by atoms with Crippen molar-refractivity contribution in [2.24, 2.45) is 0 Å². The molecule has 5 nitrogen and oxygen atoms in total. The molecule has 7 heteroatoms. The third kappa shape index (κ3) is 2.91. The highest BCUT2D eigenvalue weighted by Crippen LogP contribution is 2.27. The summed E-state index contributed by atoms with van der Waals surface area (Å²) < 4.78 is 4.00. The van der Waals surface area contributed by atoms with Crippen LogP contribution in [-0.4, -0.2) is 21.4 Å². The number of aromatic nitrogens is 1. The van der Waals surface area contributed by atoms with Crippen LogP contribution in [0.3, 0.4) is 0 Å². The molecule has 0 saturated carbocycles. The molecule has 2 rings (SSSR count). The first kappa shape index (κ1) is 13.5. The van der Waals surface area contributed by atoms with Crippen molar-refractivity contribution in [3.05, 3.63) is 46.1 Å². The molecule has 1 aromatic heterocycles. The van der Waals surface area contributed by atoms with Crippen LogP contribution in [0.4, 0.5) is 9.80 Å². The number of benzene rings is 1. The number of carboxylic acid groups (broad SMARTS) is 1. The lowest BCUT2D eigenvalue weighted by Gasteiger charge is -2.03. The summed E-state index contributed by atoms with van der Waals surface area (Å²) in [6, 6.07) is 6.39. The summed E-state index contributed by atoms with van der Waals surface area (Å²) in [6.45, 7) is 1.66. The third-order valence-corrected chi connectivity index (χ3v) is 3.52. The van der Waals surface area contributed by atoms with E-state index in [9.17, 15) is 9.59 Å². The van der Waals surface area contributed by atoms with Crippen LogP contribution in [0, 0.1) is 6.92 Å². The average Bonchev–Trinajstić information content (AvgIpc) is 2.70. The Morgan fingerprint density at radius 2 is 1.95 bits per heavy atom. The number of nitrogens with one attached hydrogen (secondary N) is 1. The maximum Gasteiger partial charge on any atom is 0.409 e. The van der Waals surface area contributed by atoms with Crippen LogP contribution in [0.1, 0.15) is 21.6 Å². The van der Waals surface area contributed by atoms with E-state index in [0.717, 1.165) is 11.5 Å². The zero-order valence-electron chi connectivity index (χ0n) is 9.81. The number of anilines is 1. The Bertz CT molecular complexity index is 637. The Labute approximate surface area is 118 Å². The summed E-state index contributed by atoms with van der Waals surface area (Å²) in [6.07, 6.45) is -1.23. The van der Waals surface area contributed by atoms with Crippen LogP contribution in [-0.2, 0) is 0 Å². The zero-order chi connectivity index (χ0) is 14.0. The van der Waals surface area contributed by atoms with Gasteiger partial charge in [0.1, 0.15) is 5.00 Å². The Morgan fingerprint density at radius 1 is 1.32 bits per heavy atom. The second-order valence-electron chi connectivity index (χ2n) is 3.74. The fraction of sp³-hybridized carbons (Fsp3) is 0.0833. The molecule has 2 N–H and O–H groups in total. The third-order valence-electron chi connectivity index (χ3n) is 2.42. The largest absolute Gasteiger partial charge is 0.465 e. The van der Waals surface area contributed by atoms with Crippen LogP contribution in [0.15, 0.2) is 24.3 Å². The first-order valence-electron chi connectivity index (χ1n) is 5.25. The van der Waals surface area contributed by atoms with Gasteiger partial charge in [0.25, 0.3) is 0 Å². The average molecular weight is 297 g/mol. The number of carbonyl (C=O) groups excluding carboxylic acids is 1. The van der Waals surface area contributed by atoms with Crippen LogP contribution in [0.5, 0.6) is 0 Å². The molecule has 0 bridgehead atoms. The predicted octanol–water partition coefficient (Wildman–Crippen LogP) is 3.43. The first-order chi connectivity index (χ1) is 8.99. The molecular weight excluding hydrogens is 288 g/mol. The fourth-order valence-corrected chi connectivity index (χ4v) is 2.48. The second kappa shape index (κ2) is 5.38. The topological polar surface area (TPSA) is 79.3 Å². The second-order valence-corrected chi connectivity index (χ2v) is 4.95. The Kier molecular flexibility index (Phi) is 3.82. The van der Waals surface area contributed by atoms with Gasteiger partial charge < -0.3 is 5.11 Å². The van der Waals surface area contributed by atoms with Crippen molar-refractivity contribution < 1.29 is 14.7 Å². The highest BCUT2D eigenvalue weighted by Gasteiger charge is 2.21. The van der Waals surface area contributed by atoms with Gasteiger partial charge in [-0.3, -0.25) is 10.1 Å². The van der Waals surface area contributed by atoms with E-state index in [2.05, 4.69) is 9.69 Å². The van der Waals surface area contributed by atoms with Gasteiger partial charge in [-0.25, -0.2) is 4.79 Å². The van der Waals surface area contributed by atoms with E-state index in [1.807, 2.05) is 0 Å². The van der Waals surface area contributed by atoms with Gasteiger partial charge in [-0.05, 0) is 42.7 Å². The molecule has 0 aliphatic rings. The predicted molar refractivity (Wildman–Crippen MR) is 73.4 cm³/mol. The zero-order valence-corrected chi connectivity index (χ0v) is 11.4. The van der Waals surface area contributed by atoms with E-state index in [0.29, 0.717) is 16.3 Å². The summed E-state index contributed by atoms with van der Waals surface area (Å²) in [5.41, 5.74) is 1.20. The van der Waals surface area contributed by atoms with Gasteiger partial charge in [0, 0.05) is 10.6 Å². The molecular formula is C12H9ClN2O3S. The van der Waals surface area contributed by atoms with Gasteiger partial charge in [0.05, 0.1) is 11.3 Å². The molecule has 0 saturated heterocycles. The molecule has 0 fully saturated rings. The normalized spacial score (nSPS) is 10.2. The lowest BCUT2D eigenvalue weighted by molar-refractivity contribution is 0.103. The van der Waals surface area contributed by atoms with Crippen molar-refractivity contribution in [3.8, 4) is 0 Å². The number of ketones is 1. The van der Waals surface area contributed by atoms with Gasteiger partial charge >= 0.3 is 6.09 Å². The lowest BCUT2D eigenvalue weighted by atomic mass is 10.0. The standard InChI is InChI=1S/C12H9ClN2O3S/c1-6-9(11(19-15-6)14-12(17)18)10(16)7-2-4-8(13)5-3-7/h2-5,14H,1H3,(H,17,18). The number of hydrogen-bond donors (Lipinski definition) is 2. The minimum atomic E-state index is -1.23. The minimum Gasteiger partial charge on any atom is -0.465 e. The van der Waals surface area contributed by atoms with Crippen LogP contribution < -0.4 is 5.32 Å². The Hall–Kier alpha value is -1.92. The van der Waals surface area contributed by atoms with Gasteiger partial charge in [-0.15, -0.1) is 0 Å². The summed E-state index contributed by atoms with van der Waals surface area (Å²) in [5.74, 6) is -0.285. The molecule has 0 atom stereocenters. The summed E-state index contributed by atoms with van der Waals surface area (Å²) in [7, 11) is 0. The molecule has 1 heterocycles. The van der Waals surface area contributed by atoms with Gasteiger partial charge in [-0.1, -0.05) is 11.6 Å². The molecule has 98 valence electrons.